The maximum atomic E-state index is 12.4. The lowest BCUT2D eigenvalue weighted by Gasteiger charge is -2.28. The normalized spacial score (nSPS) is 26.2. The molecule has 0 aromatic heterocycles. The van der Waals surface area contributed by atoms with E-state index in [1.54, 1.807) is 0 Å². The van der Waals surface area contributed by atoms with Crippen molar-refractivity contribution in [2.45, 2.75) is 38.2 Å². The second-order valence-corrected chi connectivity index (χ2v) is 5.52. The van der Waals surface area contributed by atoms with E-state index in [4.69, 9.17) is 10.5 Å². The summed E-state index contributed by atoms with van der Waals surface area (Å²) in [6, 6.07) is 0. The van der Waals surface area contributed by atoms with Crippen LogP contribution in [-0.4, -0.2) is 67.7 Å². The van der Waals surface area contributed by atoms with Crippen molar-refractivity contribution in [2.24, 2.45) is 5.73 Å². The van der Waals surface area contributed by atoms with Crippen molar-refractivity contribution in [1.82, 2.24) is 9.80 Å². The molecule has 5 heteroatoms. The molecule has 1 amide bonds. The van der Waals surface area contributed by atoms with E-state index in [1.807, 2.05) is 4.90 Å². The molecule has 2 fully saturated rings. The average Bonchev–Trinajstić information content (AvgIpc) is 2.71. The van der Waals surface area contributed by atoms with Gasteiger partial charge in [-0.3, -0.25) is 4.79 Å². The zero-order valence-corrected chi connectivity index (χ0v) is 11.9. The minimum Gasteiger partial charge on any atom is -0.368 e. The second kappa shape index (κ2) is 7.82. The molecule has 0 aliphatic carbocycles. The van der Waals surface area contributed by atoms with E-state index in [0.29, 0.717) is 0 Å². The summed E-state index contributed by atoms with van der Waals surface area (Å²) in [6.07, 6.45) is 5.03. The lowest BCUT2D eigenvalue weighted by atomic mass is 10.1. The topological polar surface area (TPSA) is 58.8 Å². The van der Waals surface area contributed by atoms with Gasteiger partial charge in [0.25, 0.3) is 5.91 Å². The SMILES string of the molecule is NCCCN1CCCN(C(=O)C2CCCCO2)CC1. The fourth-order valence-electron chi connectivity index (χ4n) is 2.87. The van der Waals surface area contributed by atoms with Crippen LogP contribution in [0.25, 0.3) is 0 Å². The monoisotopic (exact) mass is 269 g/mol. The summed E-state index contributed by atoms with van der Waals surface area (Å²) in [5.74, 6) is 0.209. The molecule has 2 rings (SSSR count). The predicted molar refractivity (Wildman–Crippen MR) is 74.9 cm³/mol. The number of rotatable bonds is 4. The Morgan fingerprint density at radius 3 is 2.79 bits per heavy atom. The van der Waals surface area contributed by atoms with Crippen molar-refractivity contribution in [3.05, 3.63) is 0 Å². The van der Waals surface area contributed by atoms with Crippen LogP contribution in [0.5, 0.6) is 0 Å². The molecule has 2 saturated heterocycles. The molecule has 0 aromatic rings. The molecule has 2 aliphatic heterocycles. The van der Waals surface area contributed by atoms with Crippen molar-refractivity contribution in [3.8, 4) is 0 Å². The molecular formula is C14H27N3O2. The van der Waals surface area contributed by atoms with Crippen molar-refractivity contribution in [3.63, 3.8) is 0 Å². The van der Waals surface area contributed by atoms with Crippen LogP contribution >= 0.6 is 0 Å². The molecule has 0 bridgehead atoms. The van der Waals surface area contributed by atoms with E-state index in [-0.39, 0.29) is 12.0 Å². The van der Waals surface area contributed by atoms with Crippen molar-refractivity contribution in [1.29, 1.82) is 0 Å². The van der Waals surface area contributed by atoms with Crippen LogP contribution in [-0.2, 0) is 9.53 Å². The second-order valence-electron chi connectivity index (χ2n) is 5.52. The summed E-state index contributed by atoms with van der Waals surface area (Å²) >= 11 is 0. The molecule has 0 spiro atoms. The Hall–Kier alpha value is -0.650. The summed E-state index contributed by atoms with van der Waals surface area (Å²) in [4.78, 5) is 16.8. The summed E-state index contributed by atoms with van der Waals surface area (Å²) < 4.78 is 5.60. The first-order valence-electron chi connectivity index (χ1n) is 7.64. The van der Waals surface area contributed by atoms with Crippen molar-refractivity contribution >= 4 is 5.91 Å². The molecule has 1 unspecified atom stereocenters. The van der Waals surface area contributed by atoms with Crippen LogP contribution in [0.1, 0.15) is 32.1 Å². The first-order chi connectivity index (χ1) is 9.31. The van der Waals surface area contributed by atoms with E-state index >= 15 is 0 Å². The first kappa shape index (κ1) is 14.8. The highest BCUT2D eigenvalue weighted by Crippen LogP contribution is 2.16. The van der Waals surface area contributed by atoms with E-state index < -0.39 is 0 Å². The maximum Gasteiger partial charge on any atom is 0.251 e. The third kappa shape index (κ3) is 4.44. The number of nitrogens with two attached hydrogens (primary N) is 1. The van der Waals surface area contributed by atoms with E-state index in [9.17, 15) is 4.79 Å². The number of carbonyl (C=O) groups is 1. The molecule has 0 radical (unpaired) electrons. The van der Waals surface area contributed by atoms with E-state index in [0.717, 1.165) is 78.0 Å². The van der Waals surface area contributed by atoms with Gasteiger partial charge in [0.2, 0.25) is 0 Å². The number of nitrogens with zero attached hydrogens (tertiary/aromatic N) is 2. The zero-order chi connectivity index (χ0) is 13.5. The van der Waals surface area contributed by atoms with Crippen LogP contribution in [0, 0.1) is 0 Å². The summed E-state index contributed by atoms with van der Waals surface area (Å²) in [5, 5.41) is 0. The average molecular weight is 269 g/mol. The predicted octanol–water partition coefficient (Wildman–Crippen LogP) is 0.439. The Bertz CT molecular complexity index is 280. The highest BCUT2D eigenvalue weighted by atomic mass is 16.5. The minimum absolute atomic E-state index is 0.177. The Morgan fingerprint density at radius 1 is 1.16 bits per heavy atom. The molecule has 0 aromatic carbocycles. The van der Waals surface area contributed by atoms with Gasteiger partial charge in [-0.25, -0.2) is 0 Å². The summed E-state index contributed by atoms with van der Waals surface area (Å²) in [6.45, 7) is 6.30. The van der Waals surface area contributed by atoms with E-state index in [2.05, 4.69) is 4.90 Å². The van der Waals surface area contributed by atoms with Crippen LogP contribution in [0.3, 0.4) is 0 Å². The molecule has 110 valence electrons. The van der Waals surface area contributed by atoms with Gasteiger partial charge in [-0.2, -0.15) is 0 Å². The fourth-order valence-corrected chi connectivity index (χ4v) is 2.87. The molecule has 1 atom stereocenters. The third-order valence-corrected chi connectivity index (χ3v) is 4.03. The van der Waals surface area contributed by atoms with Crippen LogP contribution < -0.4 is 5.73 Å². The lowest BCUT2D eigenvalue weighted by molar-refractivity contribution is -0.146. The number of hydrogen-bond acceptors (Lipinski definition) is 4. The highest BCUT2D eigenvalue weighted by Gasteiger charge is 2.28. The van der Waals surface area contributed by atoms with Crippen molar-refractivity contribution < 1.29 is 9.53 Å². The number of hydrogen-bond donors (Lipinski definition) is 1. The molecule has 2 N–H and O–H groups in total. The molecular weight excluding hydrogens is 242 g/mol. The van der Waals surface area contributed by atoms with Gasteiger partial charge in [0.1, 0.15) is 6.10 Å². The van der Waals surface area contributed by atoms with E-state index in [1.165, 1.54) is 0 Å². The molecule has 0 saturated carbocycles. The summed E-state index contributed by atoms with van der Waals surface area (Å²) in [5.41, 5.74) is 5.55. The largest absolute Gasteiger partial charge is 0.368 e. The Balaban J connectivity index is 1.79. The first-order valence-corrected chi connectivity index (χ1v) is 7.64. The number of ether oxygens (including phenoxy) is 1. The maximum absolute atomic E-state index is 12.4. The van der Waals surface area contributed by atoms with Gasteiger partial charge in [-0.15, -0.1) is 0 Å². The van der Waals surface area contributed by atoms with Gasteiger partial charge >= 0.3 is 0 Å². The molecule has 2 heterocycles. The highest BCUT2D eigenvalue weighted by molar-refractivity contribution is 5.81. The Labute approximate surface area is 116 Å². The molecule has 2 aliphatic rings. The fraction of sp³-hybridized carbons (Fsp3) is 0.929. The van der Waals surface area contributed by atoms with Crippen molar-refractivity contribution in [2.75, 3.05) is 45.9 Å². The number of carbonyl (C=O) groups excluding carboxylic acids is 1. The summed E-state index contributed by atoms with van der Waals surface area (Å²) in [7, 11) is 0. The Morgan fingerprint density at radius 2 is 2.05 bits per heavy atom. The van der Waals surface area contributed by atoms with Crippen LogP contribution in [0.4, 0.5) is 0 Å². The van der Waals surface area contributed by atoms with Gasteiger partial charge < -0.3 is 20.3 Å². The quantitative estimate of drug-likeness (QED) is 0.804. The smallest absolute Gasteiger partial charge is 0.251 e. The van der Waals surface area contributed by atoms with Gasteiger partial charge in [-0.05, 0) is 51.7 Å². The van der Waals surface area contributed by atoms with Gasteiger partial charge in [-0.1, -0.05) is 0 Å². The van der Waals surface area contributed by atoms with Gasteiger partial charge in [0, 0.05) is 26.2 Å². The standard InChI is InChI=1S/C14H27N3O2/c15-6-3-7-16-8-4-9-17(11-10-16)14(18)13-5-1-2-12-19-13/h13H,1-12,15H2. The minimum atomic E-state index is -0.177. The molecule has 19 heavy (non-hydrogen) atoms. The van der Waals surface area contributed by atoms with Gasteiger partial charge in [0.05, 0.1) is 0 Å². The zero-order valence-electron chi connectivity index (χ0n) is 11.9. The van der Waals surface area contributed by atoms with Crippen LogP contribution in [0.2, 0.25) is 0 Å². The third-order valence-electron chi connectivity index (χ3n) is 4.03. The number of amides is 1. The lowest BCUT2D eigenvalue weighted by Crippen LogP contribution is -2.43. The Kier molecular flexibility index (Phi) is 6.07. The van der Waals surface area contributed by atoms with Crippen LogP contribution in [0.15, 0.2) is 0 Å². The molecule has 5 nitrogen and oxygen atoms in total. The van der Waals surface area contributed by atoms with Gasteiger partial charge in [0.15, 0.2) is 0 Å².